The molecule has 0 saturated heterocycles. The minimum absolute atomic E-state index is 0.0496. The van der Waals surface area contributed by atoms with Crippen LogP contribution >= 0.6 is 0 Å². The van der Waals surface area contributed by atoms with Crippen molar-refractivity contribution in [3.63, 3.8) is 0 Å². The van der Waals surface area contributed by atoms with E-state index in [1.807, 2.05) is 0 Å². The normalized spacial score (nSPS) is 13.5. The molecule has 0 bridgehead atoms. The van der Waals surface area contributed by atoms with Gasteiger partial charge in [0.1, 0.15) is 11.9 Å². The van der Waals surface area contributed by atoms with E-state index in [4.69, 9.17) is 25.4 Å². The topological polar surface area (TPSA) is 166 Å². The summed E-state index contributed by atoms with van der Waals surface area (Å²) < 4.78 is 42.9. The lowest BCUT2D eigenvalue weighted by Crippen LogP contribution is -2.19. The Balaban J connectivity index is 1.61. The zero-order valence-electron chi connectivity index (χ0n) is 19.0. The van der Waals surface area contributed by atoms with Crippen LogP contribution in [0.2, 0.25) is 0 Å². The van der Waals surface area contributed by atoms with Crippen LogP contribution in [0.5, 0.6) is 11.5 Å². The van der Waals surface area contributed by atoms with Crippen molar-refractivity contribution in [1.29, 1.82) is 5.41 Å². The lowest BCUT2D eigenvalue weighted by Gasteiger charge is -2.24. The quantitative estimate of drug-likeness (QED) is 0.205. The van der Waals surface area contributed by atoms with Crippen LogP contribution in [0, 0.1) is 5.41 Å². The van der Waals surface area contributed by atoms with Gasteiger partial charge in [0.25, 0.3) is 5.95 Å². The number of nitrogens with two attached hydrogens (primary N) is 1. The molecule has 2 aromatic carbocycles. The number of nitrogens with zero attached hydrogens (tertiary/aromatic N) is 4. The fourth-order valence-corrected chi connectivity index (χ4v) is 3.79. The molecule has 14 heteroatoms. The van der Waals surface area contributed by atoms with Crippen molar-refractivity contribution in [1.82, 2.24) is 24.7 Å². The van der Waals surface area contributed by atoms with E-state index in [0.717, 1.165) is 4.68 Å². The predicted molar refractivity (Wildman–Crippen MR) is 126 cm³/mol. The molecule has 5 N–H and O–H groups in total. The summed E-state index contributed by atoms with van der Waals surface area (Å²) in [7, 11) is 0. The molecule has 0 amide bonds. The Morgan fingerprint density at radius 1 is 1.22 bits per heavy atom. The molecule has 12 nitrogen and oxygen atoms in total. The maximum atomic E-state index is 13.2. The molecule has 1 atom stereocenters. The summed E-state index contributed by atoms with van der Waals surface area (Å²) in [6, 6.07) is 10.5. The van der Waals surface area contributed by atoms with Crippen LogP contribution in [-0.2, 0) is 11.3 Å². The molecule has 190 valence electrons. The minimum atomic E-state index is -3.09. The van der Waals surface area contributed by atoms with Crippen molar-refractivity contribution in [2.75, 3.05) is 12.1 Å². The van der Waals surface area contributed by atoms with E-state index in [2.05, 4.69) is 25.4 Å². The number of halogens is 2. The molecule has 4 aromatic rings. The lowest BCUT2D eigenvalue weighted by molar-refractivity contribution is -0.0590. The maximum Gasteiger partial charge on any atom is 0.387 e. The average Bonchev–Trinajstić information content (AvgIpc) is 3.28. The van der Waals surface area contributed by atoms with E-state index in [0.29, 0.717) is 22.4 Å². The van der Waals surface area contributed by atoms with Crippen molar-refractivity contribution in [3.05, 3.63) is 87.9 Å². The van der Waals surface area contributed by atoms with Crippen LogP contribution in [0.4, 0.5) is 14.5 Å². The highest BCUT2D eigenvalue weighted by molar-refractivity contribution is 5.95. The Labute approximate surface area is 207 Å². The fraction of sp³-hybridized carbons (Fsp3) is 0.174. The number of alkyl halides is 2. The molecule has 0 saturated carbocycles. The van der Waals surface area contributed by atoms with Crippen LogP contribution in [0.25, 0.3) is 5.95 Å². The van der Waals surface area contributed by atoms with Gasteiger partial charge < -0.3 is 25.3 Å². The molecule has 0 unspecified atom stereocenters. The fourth-order valence-electron chi connectivity index (χ4n) is 3.79. The molecule has 1 aliphatic rings. The van der Waals surface area contributed by atoms with E-state index >= 15 is 0 Å². The second-order valence-electron chi connectivity index (χ2n) is 7.84. The Morgan fingerprint density at radius 2 is 1.97 bits per heavy atom. The smallest absolute Gasteiger partial charge is 0.387 e. The van der Waals surface area contributed by atoms with Gasteiger partial charge in [0.2, 0.25) is 0 Å². The lowest BCUT2D eigenvalue weighted by atomic mass is 10.0. The van der Waals surface area contributed by atoms with Crippen molar-refractivity contribution in [3.8, 4) is 17.4 Å². The van der Waals surface area contributed by atoms with Crippen molar-refractivity contribution >= 4 is 11.5 Å². The highest BCUT2D eigenvalue weighted by atomic mass is 19.3. The minimum Gasteiger partial charge on any atom is -0.463 e. The third-order valence-corrected chi connectivity index (χ3v) is 5.40. The van der Waals surface area contributed by atoms with Gasteiger partial charge in [-0.05, 0) is 48.0 Å². The van der Waals surface area contributed by atoms with Gasteiger partial charge in [-0.3, -0.25) is 10.4 Å². The number of hydrogen-bond acceptors (Lipinski definition) is 9. The predicted octanol–water partition coefficient (Wildman–Crippen LogP) is 2.30. The number of anilines is 1. The van der Waals surface area contributed by atoms with Gasteiger partial charge in [0.15, 0.2) is 24.1 Å². The Hall–Kier alpha value is -4.85. The zero-order chi connectivity index (χ0) is 25.9. The number of H-pyrrole nitrogens is 1. The van der Waals surface area contributed by atoms with Gasteiger partial charge in [-0.1, -0.05) is 0 Å². The molecule has 1 aliphatic heterocycles. The number of hydrogen-bond donors (Lipinski definition) is 4. The van der Waals surface area contributed by atoms with Crippen LogP contribution < -0.4 is 26.2 Å². The van der Waals surface area contributed by atoms with Crippen molar-refractivity contribution in [2.45, 2.75) is 19.3 Å². The average molecular weight is 510 g/mol. The molecule has 5 rings (SSSR count). The number of benzene rings is 2. The SMILES string of the molecule is N=C(N)c1ccc(N[C@@H](c2cc3c(c(OC(F)F)c2)OCOC3)c2nn(-c3ncccn3)c(=O)[nH]2)cc1. The molecule has 0 spiro atoms. The Bertz CT molecular complexity index is 1470. The summed E-state index contributed by atoms with van der Waals surface area (Å²) >= 11 is 0. The standard InChI is InChI=1S/C23H20F2N8O4/c24-21(25)37-16-9-13(8-14-10-35-11-36-18(14)16)17(30-15-4-2-12(3-5-15)19(26)27)20-31-23(34)33(32-20)22-28-6-1-7-29-22/h1-9,17,21,30H,10-11H2,(H3,26,27)(H,31,32,34)/t17-/m0/s1. The summed E-state index contributed by atoms with van der Waals surface area (Å²) in [4.78, 5) is 23.5. The van der Waals surface area contributed by atoms with E-state index in [-0.39, 0.29) is 42.5 Å². The van der Waals surface area contributed by atoms with E-state index in [1.54, 1.807) is 36.4 Å². The van der Waals surface area contributed by atoms with Gasteiger partial charge >= 0.3 is 12.3 Å². The van der Waals surface area contributed by atoms with E-state index in [1.165, 1.54) is 18.5 Å². The Kier molecular flexibility index (Phi) is 6.47. The van der Waals surface area contributed by atoms with Gasteiger partial charge in [-0.25, -0.2) is 14.8 Å². The van der Waals surface area contributed by atoms with E-state index < -0.39 is 18.3 Å². The first kappa shape index (κ1) is 23.9. The largest absolute Gasteiger partial charge is 0.463 e. The van der Waals surface area contributed by atoms with Crippen molar-refractivity contribution < 1.29 is 23.0 Å². The molecule has 37 heavy (non-hydrogen) atoms. The Morgan fingerprint density at radius 3 is 2.68 bits per heavy atom. The number of aromatic nitrogens is 5. The summed E-state index contributed by atoms with van der Waals surface area (Å²) in [5.41, 5.74) is 6.93. The first-order chi connectivity index (χ1) is 17.9. The van der Waals surface area contributed by atoms with E-state index in [9.17, 15) is 13.6 Å². The third-order valence-electron chi connectivity index (χ3n) is 5.40. The number of fused-ring (bicyclic) bond motifs is 1. The maximum absolute atomic E-state index is 13.2. The zero-order valence-corrected chi connectivity index (χ0v) is 19.0. The number of rotatable bonds is 8. The second-order valence-corrected chi connectivity index (χ2v) is 7.84. The summed E-state index contributed by atoms with van der Waals surface area (Å²) in [6.07, 6.45) is 2.93. The van der Waals surface area contributed by atoms with Gasteiger partial charge in [-0.15, -0.1) is 9.78 Å². The summed E-state index contributed by atoms with van der Waals surface area (Å²) in [5.74, 6) is 0.0639. The molecular weight excluding hydrogens is 490 g/mol. The highest BCUT2D eigenvalue weighted by Gasteiger charge is 2.27. The van der Waals surface area contributed by atoms with Gasteiger partial charge in [-0.2, -0.15) is 8.78 Å². The first-order valence-corrected chi connectivity index (χ1v) is 10.9. The molecule has 3 heterocycles. The van der Waals surface area contributed by atoms with Crippen LogP contribution in [-0.4, -0.2) is 44.0 Å². The number of nitrogens with one attached hydrogen (secondary N) is 3. The molecule has 0 fully saturated rings. The molecule has 2 aromatic heterocycles. The molecular formula is C23H20F2N8O4. The summed E-state index contributed by atoms with van der Waals surface area (Å²) in [6.45, 7) is -3.10. The molecule has 0 radical (unpaired) electrons. The van der Waals surface area contributed by atoms with Crippen LogP contribution in [0.15, 0.2) is 59.7 Å². The van der Waals surface area contributed by atoms with Crippen molar-refractivity contribution in [2.24, 2.45) is 5.73 Å². The second kappa shape index (κ2) is 10.0. The van der Waals surface area contributed by atoms with Gasteiger partial charge in [0.05, 0.1) is 6.61 Å². The highest BCUT2D eigenvalue weighted by Crippen LogP contribution is 2.39. The monoisotopic (exact) mass is 510 g/mol. The summed E-state index contributed by atoms with van der Waals surface area (Å²) in [5, 5.41) is 15.2. The number of nitrogen functional groups attached to an aromatic ring is 1. The van der Waals surface area contributed by atoms with Gasteiger partial charge in [0, 0.05) is 29.2 Å². The third kappa shape index (κ3) is 5.08. The first-order valence-electron chi connectivity index (χ1n) is 10.9. The number of aromatic amines is 1. The van der Waals surface area contributed by atoms with Crippen LogP contribution in [0.1, 0.15) is 28.6 Å². The van der Waals surface area contributed by atoms with Crippen LogP contribution in [0.3, 0.4) is 0 Å². The molecule has 0 aliphatic carbocycles. The number of amidine groups is 1. The number of ether oxygens (including phenoxy) is 3.